The number of rotatable bonds is 9. The average molecular weight is 272 g/mol. The van der Waals surface area contributed by atoms with Gasteiger partial charge in [-0.1, -0.05) is 13.3 Å². The van der Waals surface area contributed by atoms with E-state index >= 15 is 0 Å². The van der Waals surface area contributed by atoms with Crippen LogP contribution in [0.15, 0.2) is 0 Å². The number of primary amides is 1. The summed E-state index contributed by atoms with van der Waals surface area (Å²) in [4.78, 5) is 44.7. The van der Waals surface area contributed by atoms with Crippen LogP contribution in [0.25, 0.3) is 0 Å². The molecule has 3 amide bonds. The van der Waals surface area contributed by atoms with Crippen LogP contribution in [-0.2, 0) is 19.2 Å². The Hall–Kier alpha value is -1.96. The maximum Gasteiger partial charge on any atom is 0.289 e. The number of likely N-dealkylation sites (N-methyl/N-ethyl adjacent to an activating group) is 1. The number of hydrogen-bond donors (Lipinski definition) is 4. The first-order valence-corrected chi connectivity index (χ1v) is 5.96. The zero-order valence-corrected chi connectivity index (χ0v) is 11.1. The molecule has 0 fully saturated rings. The van der Waals surface area contributed by atoms with Gasteiger partial charge >= 0.3 is 0 Å². The molecule has 0 radical (unpaired) electrons. The van der Waals surface area contributed by atoms with E-state index in [4.69, 9.17) is 5.73 Å². The lowest BCUT2D eigenvalue weighted by Gasteiger charge is -2.13. The van der Waals surface area contributed by atoms with Crippen molar-refractivity contribution < 1.29 is 19.2 Å². The second kappa shape index (κ2) is 9.03. The van der Waals surface area contributed by atoms with Crippen molar-refractivity contribution in [1.82, 2.24) is 16.0 Å². The molecule has 0 spiro atoms. The lowest BCUT2D eigenvalue weighted by molar-refractivity contribution is -0.139. The fourth-order valence-corrected chi connectivity index (χ4v) is 1.35. The van der Waals surface area contributed by atoms with Crippen molar-refractivity contribution in [2.75, 3.05) is 20.1 Å². The van der Waals surface area contributed by atoms with E-state index in [9.17, 15) is 19.2 Å². The molecule has 0 heterocycles. The minimum atomic E-state index is -0.831. The van der Waals surface area contributed by atoms with Gasteiger partial charge in [-0.05, 0) is 13.5 Å². The van der Waals surface area contributed by atoms with Gasteiger partial charge in [-0.25, -0.2) is 0 Å². The van der Waals surface area contributed by atoms with Crippen LogP contribution in [0.1, 0.15) is 19.8 Å². The first-order valence-electron chi connectivity index (χ1n) is 5.96. The standard InChI is InChI=1S/C11H20N4O4/c1-3-4-7(13-2)10(18)11(19)15-6-9(17)14-5-8(12)16/h7,13H,3-6H2,1-2H3,(H2,12,16)(H,14,17)(H,15,19). The largest absolute Gasteiger partial charge is 0.368 e. The number of carbonyl (C=O) groups is 4. The highest BCUT2D eigenvalue weighted by atomic mass is 16.2. The number of carbonyl (C=O) groups excluding carboxylic acids is 4. The van der Waals surface area contributed by atoms with Crippen molar-refractivity contribution in [2.45, 2.75) is 25.8 Å². The highest BCUT2D eigenvalue weighted by Gasteiger charge is 2.23. The molecule has 0 aliphatic heterocycles. The third kappa shape index (κ3) is 7.14. The summed E-state index contributed by atoms with van der Waals surface area (Å²) >= 11 is 0. The quantitative estimate of drug-likeness (QED) is 0.349. The summed E-state index contributed by atoms with van der Waals surface area (Å²) in [5, 5.41) is 7.12. The monoisotopic (exact) mass is 272 g/mol. The highest BCUT2D eigenvalue weighted by molar-refractivity contribution is 6.38. The third-order valence-electron chi connectivity index (χ3n) is 2.34. The van der Waals surface area contributed by atoms with Gasteiger partial charge < -0.3 is 21.7 Å². The van der Waals surface area contributed by atoms with Crippen LogP contribution < -0.4 is 21.7 Å². The molecule has 0 saturated carbocycles. The summed E-state index contributed by atoms with van der Waals surface area (Å²) in [6, 6.07) is -0.557. The molecule has 19 heavy (non-hydrogen) atoms. The van der Waals surface area contributed by atoms with E-state index < -0.39 is 29.5 Å². The maximum absolute atomic E-state index is 11.7. The summed E-state index contributed by atoms with van der Waals surface area (Å²) in [6.45, 7) is 1.21. The van der Waals surface area contributed by atoms with Crippen LogP contribution in [0.4, 0.5) is 0 Å². The van der Waals surface area contributed by atoms with Gasteiger partial charge in [0.25, 0.3) is 5.91 Å². The van der Waals surface area contributed by atoms with Gasteiger partial charge in [-0.2, -0.15) is 0 Å². The average Bonchev–Trinajstić information content (AvgIpc) is 2.38. The molecule has 5 N–H and O–H groups in total. The van der Waals surface area contributed by atoms with E-state index in [1.54, 1.807) is 7.05 Å². The molecule has 0 aromatic heterocycles. The van der Waals surface area contributed by atoms with Gasteiger partial charge in [0.1, 0.15) is 0 Å². The molecular weight excluding hydrogens is 252 g/mol. The lowest BCUT2D eigenvalue weighted by Crippen LogP contribution is -2.47. The predicted molar refractivity (Wildman–Crippen MR) is 68.0 cm³/mol. The minimum Gasteiger partial charge on any atom is -0.368 e. The molecule has 0 aromatic rings. The fraction of sp³-hybridized carbons (Fsp3) is 0.636. The van der Waals surface area contributed by atoms with E-state index in [0.717, 1.165) is 6.42 Å². The Labute approximate surface area is 111 Å². The van der Waals surface area contributed by atoms with Crippen molar-refractivity contribution in [1.29, 1.82) is 0 Å². The molecule has 0 bridgehead atoms. The normalized spacial score (nSPS) is 11.5. The minimum absolute atomic E-state index is 0.308. The summed E-state index contributed by atoms with van der Waals surface area (Å²) in [7, 11) is 1.59. The molecule has 1 unspecified atom stereocenters. The van der Waals surface area contributed by atoms with Crippen LogP contribution >= 0.6 is 0 Å². The van der Waals surface area contributed by atoms with E-state index in [2.05, 4.69) is 16.0 Å². The summed E-state index contributed by atoms with van der Waals surface area (Å²) in [6.07, 6.45) is 1.29. The second-order valence-corrected chi connectivity index (χ2v) is 3.92. The van der Waals surface area contributed by atoms with E-state index in [-0.39, 0.29) is 13.1 Å². The molecule has 8 nitrogen and oxygen atoms in total. The highest BCUT2D eigenvalue weighted by Crippen LogP contribution is 1.97. The fourth-order valence-electron chi connectivity index (χ4n) is 1.35. The van der Waals surface area contributed by atoms with Gasteiger partial charge in [-0.15, -0.1) is 0 Å². The molecule has 1 atom stereocenters. The summed E-state index contributed by atoms with van der Waals surface area (Å²) in [5.74, 6) is -2.72. The van der Waals surface area contributed by atoms with Crippen LogP contribution in [0.2, 0.25) is 0 Å². The number of hydrogen-bond acceptors (Lipinski definition) is 5. The number of Topliss-reactive ketones (excluding diaryl/α,β-unsaturated/α-hetero) is 1. The molecular formula is C11H20N4O4. The van der Waals surface area contributed by atoms with Gasteiger partial charge in [0.2, 0.25) is 17.6 Å². The molecule has 0 saturated heterocycles. The molecule has 8 heteroatoms. The van der Waals surface area contributed by atoms with E-state index in [1.807, 2.05) is 6.92 Å². The third-order valence-corrected chi connectivity index (χ3v) is 2.34. The number of nitrogens with two attached hydrogens (primary N) is 1. The van der Waals surface area contributed by atoms with E-state index in [1.165, 1.54) is 0 Å². The Balaban J connectivity index is 4.12. The van der Waals surface area contributed by atoms with Crippen molar-refractivity contribution in [3.8, 4) is 0 Å². The molecule has 0 rings (SSSR count). The first kappa shape index (κ1) is 17.0. The Bertz CT molecular complexity index is 357. The Morgan fingerprint density at radius 2 is 1.74 bits per heavy atom. The number of ketones is 1. The molecule has 108 valence electrons. The summed E-state index contributed by atoms with van der Waals surface area (Å²) < 4.78 is 0. The number of amides is 3. The smallest absolute Gasteiger partial charge is 0.289 e. The molecule has 0 aliphatic carbocycles. The van der Waals surface area contributed by atoms with E-state index in [0.29, 0.717) is 6.42 Å². The van der Waals surface area contributed by atoms with Crippen molar-refractivity contribution in [3.63, 3.8) is 0 Å². The van der Waals surface area contributed by atoms with Crippen molar-refractivity contribution in [3.05, 3.63) is 0 Å². The zero-order valence-electron chi connectivity index (χ0n) is 11.1. The predicted octanol–water partition coefficient (Wildman–Crippen LogP) is -2.34. The summed E-state index contributed by atoms with van der Waals surface area (Å²) in [5.41, 5.74) is 4.83. The SMILES string of the molecule is CCCC(NC)C(=O)C(=O)NCC(=O)NCC(N)=O. The van der Waals surface area contributed by atoms with Gasteiger partial charge in [0.15, 0.2) is 0 Å². The molecule has 0 aliphatic rings. The van der Waals surface area contributed by atoms with Gasteiger partial charge in [0.05, 0.1) is 19.1 Å². The van der Waals surface area contributed by atoms with Crippen molar-refractivity contribution in [2.24, 2.45) is 5.73 Å². The Morgan fingerprint density at radius 3 is 2.21 bits per heavy atom. The van der Waals surface area contributed by atoms with Crippen LogP contribution in [0.3, 0.4) is 0 Å². The van der Waals surface area contributed by atoms with Crippen molar-refractivity contribution >= 4 is 23.5 Å². The topological polar surface area (TPSA) is 130 Å². The number of nitrogens with one attached hydrogen (secondary N) is 3. The van der Waals surface area contributed by atoms with Gasteiger partial charge in [-0.3, -0.25) is 19.2 Å². The molecule has 0 aromatic carbocycles. The van der Waals surface area contributed by atoms with Crippen LogP contribution in [0.5, 0.6) is 0 Å². The van der Waals surface area contributed by atoms with Crippen LogP contribution in [0, 0.1) is 0 Å². The zero-order chi connectivity index (χ0) is 14.8. The first-order chi connectivity index (χ1) is 8.92. The Kier molecular flexibility index (Phi) is 8.10. The second-order valence-electron chi connectivity index (χ2n) is 3.92. The van der Waals surface area contributed by atoms with Crippen LogP contribution in [-0.4, -0.2) is 49.7 Å². The van der Waals surface area contributed by atoms with Gasteiger partial charge in [0, 0.05) is 0 Å². The lowest BCUT2D eigenvalue weighted by atomic mass is 10.1. The maximum atomic E-state index is 11.7. The Morgan fingerprint density at radius 1 is 1.11 bits per heavy atom.